The first-order chi connectivity index (χ1) is 27.3. The van der Waals surface area contributed by atoms with Crippen LogP contribution in [0.2, 0.25) is 0 Å². The second-order valence-electron chi connectivity index (χ2n) is 14.2. The molecule has 0 fully saturated rings. The van der Waals surface area contributed by atoms with E-state index in [1.807, 2.05) is 24.3 Å². The lowest BCUT2D eigenvalue weighted by atomic mass is 9.97. The highest BCUT2D eigenvalue weighted by atomic mass is 15.2. The molecule has 55 heavy (non-hydrogen) atoms. The van der Waals surface area contributed by atoms with Crippen LogP contribution in [0, 0.1) is 0 Å². The lowest BCUT2D eigenvalue weighted by Gasteiger charge is -2.24. The van der Waals surface area contributed by atoms with Gasteiger partial charge in [-0.1, -0.05) is 164 Å². The molecule has 9 aromatic carbocycles. The number of hydrogen-bond acceptors (Lipinski definition) is 3. The number of para-hydroxylation sites is 1. The van der Waals surface area contributed by atoms with Crippen LogP contribution in [0.4, 0.5) is 0 Å². The number of rotatable bonds is 5. The smallest absolute Gasteiger partial charge is 0.159 e. The summed E-state index contributed by atoms with van der Waals surface area (Å²) in [6.07, 6.45) is -0.251. The Balaban J connectivity index is 1.07. The van der Waals surface area contributed by atoms with Crippen LogP contribution in [0.15, 0.2) is 204 Å². The van der Waals surface area contributed by atoms with E-state index in [2.05, 4.69) is 180 Å². The Morgan fingerprint density at radius 1 is 0.418 bits per heavy atom. The van der Waals surface area contributed by atoms with E-state index in [9.17, 15) is 0 Å². The lowest BCUT2D eigenvalue weighted by Crippen LogP contribution is -2.33. The predicted octanol–water partition coefficient (Wildman–Crippen LogP) is 12.4. The first kappa shape index (κ1) is 31.2. The van der Waals surface area contributed by atoms with Crippen molar-refractivity contribution in [2.24, 2.45) is 9.98 Å². The lowest BCUT2D eigenvalue weighted by molar-refractivity contribution is 0.674. The van der Waals surface area contributed by atoms with E-state index < -0.39 is 0 Å². The molecule has 0 amide bonds. The summed E-state index contributed by atoms with van der Waals surface area (Å²) in [5.41, 5.74) is 8.97. The highest BCUT2D eigenvalue weighted by Gasteiger charge is 2.22. The fourth-order valence-electron chi connectivity index (χ4n) is 8.41. The largest absolute Gasteiger partial charge is 0.344 e. The average Bonchev–Trinajstić information content (AvgIpc) is 3.61. The Bertz CT molecular complexity index is 3170. The van der Waals surface area contributed by atoms with Crippen LogP contribution in [-0.2, 0) is 0 Å². The van der Waals surface area contributed by atoms with E-state index in [1.165, 1.54) is 59.8 Å². The molecule has 11 rings (SSSR count). The van der Waals surface area contributed by atoms with E-state index >= 15 is 0 Å². The summed E-state index contributed by atoms with van der Waals surface area (Å²) < 4.78 is 2.47. The molecule has 1 atom stereocenters. The minimum atomic E-state index is -0.251. The van der Waals surface area contributed by atoms with E-state index in [0.29, 0.717) is 0 Å². The molecule has 258 valence electrons. The van der Waals surface area contributed by atoms with Crippen molar-refractivity contribution in [2.75, 3.05) is 0 Å². The van der Waals surface area contributed by atoms with Gasteiger partial charge in [-0.05, 0) is 74.0 Å². The zero-order valence-electron chi connectivity index (χ0n) is 29.9. The summed E-state index contributed by atoms with van der Waals surface area (Å²) in [6, 6.07) is 69.4. The van der Waals surface area contributed by atoms with Gasteiger partial charge < -0.3 is 9.88 Å². The molecular weight excluding hydrogens is 669 g/mol. The maximum absolute atomic E-state index is 5.08. The van der Waals surface area contributed by atoms with Crippen molar-refractivity contribution in [3.63, 3.8) is 0 Å². The van der Waals surface area contributed by atoms with Crippen LogP contribution in [-0.4, -0.2) is 16.2 Å². The summed E-state index contributed by atoms with van der Waals surface area (Å²) >= 11 is 0. The average molecular weight is 703 g/mol. The van der Waals surface area contributed by atoms with Gasteiger partial charge in [0.2, 0.25) is 0 Å². The topological polar surface area (TPSA) is 41.7 Å². The Hall–Kier alpha value is -7.30. The van der Waals surface area contributed by atoms with Gasteiger partial charge in [0.15, 0.2) is 5.84 Å². The summed E-state index contributed by atoms with van der Waals surface area (Å²) in [5.74, 6) is 1.52. The number of aromatic nitrogens is 1. The third-order valence-electron chi connectivity index (χ3n) is 11.0. The van der Waals surface area contributed by atoms with Crippen LogP contribution >= 0.6 is 0 Å². The van der Waals surface area contributed by atoms with Crippen molar-refractivity contribution in [1.82, 2.24) is 9.88 Å². The number of nitrogens with zero attached hydrogens (tertiary/aromatic N) is 3. The Kier molecular flexibility index (Phi) is 7.20. The van der Waals surface area contributed by atoms with E-state index in [4.69, 9.17) is 9.98 Å². The quantitative estimate of drug-likeness (QED) is 0.178. The fourth-order valence-corrected chi connectivity index (χ4v) is 8.41. The molecule has 1 aliphatic heterocycles. The molecule has 1 N–H and O–H groups in total. The standard InChI is InChI=1S/C51H34N4/c1-3-14-34(15-4-1)49-52-50(35-16-5-2-6-17-35)54-51(53-49)39-20-13-19-36(30-39)37-27-26-33-28-29-46-48(44(33)31-37)43-24-11-12-25-45(43)55(46)47-32-38-18-7-8-21-40(38)41-22-9-10-23-42(41)47/h1-32,49H,(H,52,53,54). The Morgan fingerprint density at radius 3 is 1.93 bits per heavy atom. The first-order valence-corrected chi connectivity index (χ1v) is 18.8. The van der Waals surface area contributed by atoms with Crippen LogP contribution in [0.1, 0.15) is 22.9 Å². The highest BCUT2D eigenvalue weighted by molar-refractivity contribution is 6.23. The van der Waals surface area contributed by atoms with Crippen molar-refractivity contribution in [1.29, 1.82) is 0 Å². The van der Waals surface area contributed by atoms with E-state index in [0.717, 1.165) is 39.5 Å². The van der Waals surface area contributed by atoms with Gasteiger partial charge in [-0.15, -0.1) is 0 Å². The van der Waals surface area contributed by atoms with Crippen LogP contribution in [0.5, 0.6) is 0 Å². The van der Waals surface area contributed by atoms with Gasteiger partial charge >= 0.3 is 0 Å². The number of aliphatic imine (C=N–C) groups is 2. The van der Waals surface area contributed by atoms with Gasteiger partial charge in [0.25, 0.3) is 0 Å². The van der Waals surface area contributed by atoms with Crippen molar-refractivity contribution < 1.29 is 0 Å². The highest BCUT2D eigenvalue weighted by Crippen LogP contribution is 2.41. The number of hydrogen-bond donors (Lipinski definition) is 1. The van der Waals surface area contributed by atoms with Crippen LogP contribution in [0.3, 0.4) is 0 Å². The first-order valence-electron chi connectivity index (χ1n) is 18.8. The molecule has 1 unspecified atom stereocenters. The summed E-state index contributed by atoms with van der Waals surface area (Å²) in [4.78, 5) is 10.1. The molecule has 0 radical (unpaired) electrons. The Morgan fingerprint density at radius 2 is 1.07 bits per heavy atom. The second kappa shape index (κ2) is 12.7. The number of nitrogens with one attached hydrogen (secondary N) is 1. The molecule has 4 nitrogen and oxygen atoms in total. The molecular formula is C51H34N4. The van der Waals surface area contributed by atoms with Gasteiger partial charge in [-0.25, -0.2) is 9.98 Å². The van der Waals surface area contributed by atoms with E-state index in [-0.39, 0.29) is 6.17 Å². The number of fused-ring (bicyclic) bond motifs is 8. The van der Waals surface area contributed by atoms with E-state index in [1.54, 1.807) is 0 Å². The summed E-state index contributed by atoms with van der Waals surface area (Å²) in [7, 11) is 0. The molecule has 0 spiro atoms. The second-order valence-corrected chi connectivity index (χ2v) is 14.2. The third kappa shape index (κ3) is 5.22. The molecule has 1 aliphatic rings. The van der Waals surface area contributed by atoms with Crippen molar-refractivity contribution in [2.45, 2.75) is 6.17 Å². The number of amidine groups is 2. The third-order valence-corrected chi connectivity index (χ3v) is 11.0. The molecule has 1 aromatic heterocycles. The minimum Gasteiger partial charge on any atom is -0.344 e. The molecule has 0 saturated carbocycles. The van der Waals surface area contributed by atoms with Crippen molar-refractivity contribution in [3.05, 3.63) is 211 Å². The van der Waals surface area contributed by atoms with Gasteiger partial charge in [0, 0.05) is 27.3 Å². The SMILES string of the molecule is c1ccc(C2=NC(c3ccccc3)NC(c3cccc(-c4ccc5ccc6c(c5c4)c4ccccc4n6-c4cc5ccccc5c5ccccc45)c3)=N2)cc1. The predicted molar refractivity (Wildman–Crippen MR) is 231 cm³/mol. The summed E-state index contributed by atoms with van der Waals surface area (Å²) in [6.45, 7) is 0. The molecule has 4 heteroatoms. The zero-order valence-corrected chi connectivity index (χ0v) is 29.9. The Labute approximate surface area is 318 Å². The van der Waals surface area contributed by atoms with Crippen LogP contribution in [0.25, 0.3) is 70.9 Å². The molecule has 2 heterocycles. The van der Waals surface area contributed by atoms with Gasteiger partial charge in [0.1, 0.15) is 12.0 Å². The molecule has 0 bridgehead atoms. The molecule has 0 aliphatic carbocycles. The maximum Gasteiger partial charge on any atom is 0.159 e. The summed E-state index contributed by atoms with van der Waals surface area (Å²) in [5, 5.41) is 13.6. The van der Waals surface area contributed by atoms with Gasteiger partial charge in [-0.3, -0.25) is 0 Å². The zero-order chi connectivity index (χ0) is 36.3. The monoisotopic (exact) mass is 702 g/mol. The number of benzene rings is 9. The maximum atomic E-state index is 5.08. The molecule has 0 saturated heterocycles. The normalized spacial score (nSPS) is 14.4. The van der Waals surface area contributed by atoms with Crippen LogP contribution < -0.4 is 5.32 Å². The van der Waals surface area contributed by atoms with Crippen molar-refractivity contribution >= 4 is 65.8 Å². The fraction of sp³-hybridized carbons (Fsp3) is 0.0196. The molecule has 10 aromatic rings. The van der Waals surface area contributed by atoms with Crippen molar-refractivity contribution in [3.8, 4) is 16.8 Å². The van der Waals surface area contributed by atoms with Gasteiger partial charge in [-0.2, -0.15) is 0 Å². The minimum absolute atomic E-state index is 0.251. The van der Waals surface area contributed by atoms with Gasteiger partial charge in [0.05, 0.1) is 16.7 Å².